The van der Waals surface area contributed by atoms with Crippen LogP contribution in [0.5, 0.6) is 0 Å². The van der Waals surface area contributed by atoms with Crippen molar-refractivity contribution in [2.75, 3.05) is 6.61 Å². The van der Waals surface area contributed by atoms with Crippen molar-refractivity contribution in [3.63, 3.8) is 0 Å². The Morgan fingerprint density at radius 3 is 2.57 bits per heavy atom. The van der Waals surface area contributed by atoms with Gasteiger partial charge in [-0.3, -0.25) is 0 Å². The first kappa shape index (κ1) is 13.3. The largest absolute Gasteiger partial charge is 0.376 e. The summed E-state index contributed by atoms with van der Waals surface area (Å²) in [6, 6.07) is 13.8. The van der Waals surface area contributed by atoms with E-state index >= 15 is 0 Å². The topological polar surface area (TPSA) is 45.0 Å². The summed E-state index contributed by atoms with van der Waals surface area (Å²) in [6.07, 6.45) is 6.09. The summed E-state index contributed by atoms with van der Waals surface area (Å²) in [7, 11) is 0. The van der Waals surface area contributed by atoms with Crippen molar-refractivity contribution in [2.45, 2.75) is 55.7 Å². The highest BCUT2D eigenvalue weighted by atomic mass is 16.5. The second kappa shape index (κ2) is 5.12. The van der Waals surface area contributed by atoms with Gasteiger partial charge in [0.25, 0.3) is 0 Å². The molecular weight excluding hydrogens is 260 g/mol. The maximum absolute atomic E-state index is 9.62. The molecule has 1 aromatic carbocycles. The first-order valence-electron chi connectivity index (χ1n) is 8.15. The van der Waals surface area contributed by atoms with Gasteiger partial charge in [0.15, 0.2) is 0 Å². The van der Waals surface area contributed by atoms with Crippen LogP contribution in [0.1, 0.15) is 37.7 Å². The van der Waals surface area contributed by atoms with E-state index in [1.165, 1.54) is 18.4 Å². The summed E-state index contributed by atoms with van der Waals surface area (Å²) in [5.41, 5.74) is 0.903. The van der Waals surface area contributed by atoms with E-state index in [0.29, 0.717) is 18.2 Å². The normalized spacial score (nSPS) is 38.7. The minimum absolute atomic E-state index is 0.270. The van der Waals surface area contributed by atoms with Crippen molar-refractivity contribution < 1.29 is 4.74 Å². The molecule has 3 aliphatic rings. The van der Waals surface area contributed by atoms with E-state index in [-0.39, 0.29) is 5.41 Å². The van der Waals surface area contributed by atoms with E-state index in [0.717, 1.165) is 31.8 Å². The number of nitrogens with one attached hydrogen (secondary N) is 1. The van der Waals surface area contributed by atoms with Crippen LogP contribution in [0, 0.1) is 17.2 Å². The molecule has 2 atom stereocenters. The van der Waals surface area contributed by atoms with E-state index in [4.69, 9.17) is 4.74 Å². The number of hydrogen-bond acceptors (Lipinski definition) is 3. The highest BCUT2D eigenvalue weighted by Gasteiger charge is 2.48. The van der Waals surface area contributed by atoms with Crippen LogP contribution in [-0.2, 0) is 10.2 Å². The second-order valence-electron chi connectivity index (χ2n) is 6.90. The molecule has 1 heterocycles. The van der Waals surface area contributed by atoms with Gasteiger partial charge in [0, 0.05) is 18.7 Å². The smallest absolute Gasteiger partial charge is 0.0852 e. The van der Waals surface area contributed by atoms with E-state index in [1.807, 2.05) is 18.2 Å². The Kier molecular flexibility index (Phi) is 3.24. The van der Waals surface area contributed by atoms with Gasteiger partial charge < -0.3 is 10.1 Å². The van der Waals surface area contributed by atoms with Crippen LogP contribution in [0.4, 0.5) is 0 Å². The molecule has 4 rings (SSSR count). The molecule has 1 aliphatic heterocycles. The molecule has 2 saturated carbocycles. The lowest BCUT2D eigenvalue weighted by atomic mass is 9.62. The van der Waals surface area contributed by atoms with Gasteiger partial charge in [-0.05, 0) is 43.6 Å². The Labute approximate surface area is 126 Å². The monoisotopic (exact) mass is 282 g/mol. The summed E-state index contributed by atoms with van der Waals surface area (Å²) < 4.78 is 5.89. The molecule has 3 fully saturated rings. The minimum Gasteiger partial charge on any atom is -0.376 e. The van der Waals surface area contributed by atoms with Gasteiger partial charge in [-0.15, -0.1) is 0 Å². The molecule has 21 heavy (non-hydrogen) atoms. The van der Waals surface area contributed by atoms with Gasteiger partial charge in [0.05, 0.1) is 17.6 Å². The van der Waals surface area contributed by atoms with Crippen molar-refractivity contribution in [3.05, 3.63) is 35.9 Å². The molecular formula is C18H22N2O. The Morgan fingerprint density at radius 2 is 1.90 bits per heavy atom. The standard InChI is InChI=1S/C18H22N2O/c19-12-18(14-4-2-1-3-5-14)10-15(11-18)20-16-8-9-21-17(16)13-6-7-13/h1-5,13,15-17,20H,6-11H2. The van der Waals surface area contributed by atoms with Crippen LogP contribution in [-0.4, -0.2) is 24.8 Å². The quantitative estimate of drug-likeness (QED) is 0.923. The lowest BCUT2D eigenvalue weighted by Gasteiger charge is -2.45. The molecule has 0 amide bonds. The van der Waals surface area contributed by atoms with Crippen LogP contribution in [0.15, 0.2) is 30.3 Å². The predicted octanol–water partition coefficient (Wildman–Crippen LogP) is 2.77. The average molecular weight is 282 g/mol. The fraction of sp³-hybridized carbons (Fsp3) is 0.611. The Hall–Kier alpha value is -1.37. The fourth-order valence-electron chi connectivity index (χ4n) is 4.03. The number of hydrogen-bond donors (Lipinski definition) is 1. The summed E-state index contributed by atoms with van der Waals surface area (Å²) in [5, 5.41) is 13.4. The Morgan fingerprint density at radius 1 is 1.14 bits per heavy atom. The molecule has 2 aliphatic carbocycles. The lowest BCUT2D eigenvalue weighted by molar-refractivity contribution is 0.0724. The molecule has 0 spiro atoms. The van der Waals surface area contributed by atoms with Crippen LogP contribution in [0.2, 0.25) is 0 Å². The van der Waals surface area contributed by atoms with Crippen molar-refractivity contribution >= 4 is 0 Å². The maximum atomic E-state index is 9.62. The zero-order valence-electron chi connectivity index (χ0n) is 12.3. The first-order valence-corrected chi connectivity index (χ1v) is 8.15. The molecule has 0 bridgehead atoms. The molecule has 0 radical (unpaired) electrons. The molecule has 1 aromatic rings. The number of nitrogens with zero attached hydrogens (tertiary/aromatic N) is 1. The van der Waals surface area contributed by atoms with Gasteiger partial charge in [-0.1, -0.05) is 30.3 Å². The summed E-state index contributed by atoms with van der Waals surface area (Å²) >= 11 is 0. The summed E-state index contributed by atoms with van der Waals surface area (Å²) in [4.78, 5) is 0. The maximum Gasteiger partial charge on any atom is 0.0852 e. The van der Waals surface area contributed by atoms with E-state index < -0.39 is 0 Å². The van der Waals surface area contributed by atoms with E-state index in [9.17, 15) is 5.26 Å². The van der Waals surface area contributed by atoms with Gasteiger partial charge in [0.2, 0.25) is 0 Å². The van der Waals surface area contributed by atoms with E-state index in [1.54, 1.807) is 0 Å². The third kappa shape index (κ3) is 2.37. The van der Waals surface area contributed by atoms with Crippen molar-refractivity contribution in [1.82, 2.24) is 5.32 Å². The molecule has 2 unspecified atom stereocenters. The zero-order valence-corrected chi connectivity index (χ0v) is 12.3. The average Bonchev–Trinajstić information content (AvgIpc) is 3.23. The third-order valence-corrected chi connectivity index (χ3v) is 5.40. The van der Waals surface area contributed by atoms with Crippen molar-refractivity contribution in [3.8, 4) is 6.07 Å². The fourth-order valence-corrected chi connectivity index (χ4v) is 4.03. The van der Waals surface area contributed by atoms with Crippen LogP contribution in [0.3, 0.4) is 0 Å². The Bertz CT molecular complexity index is 540. The number of benzene rings is 1. The number of ether oxygens (including phenoxy) is 1. The second-order valence-corrected chi connectivity index (χ2v) is 6.90. The lowest BCUT2D eigenvalue weighted by Crippen LogP contribution is -2.55. The SMILES string of the molecule is N#CC1(c2ccccc2)CC(NC2CCOC2C2CC2)C1. The molecule has 110 valence electrons. The Balaban J connectivity index is 1.39. The number of rotatable bonds is 4. The van der Waals surface area contributed by atoms with Gasteiger partial charge >= 0.3 is 0 Å². The first-order chi connectivity index (χ1) is 10.3. The van der Waals surface area contributed by atoms with Crippen LogP contribution >= 0.6 is 0 Å². The number of nitriles is 1. The molecule has 3 heteroatoms. The molecule has 3 nitrogen and oxygen atoms in total. The highest BCUT2D eigenvalue weighted by molar-refractivity contribution is 5.37. The van der Waals surface area contributed by atoms with Crippen LogP contribution < -0.4 is 5.32 Å². The van der Waals surface area contributed by atoms with Gasteiger partial charge in [0.1, 0.15) is 0 Å². The summed E-state index contributed by atoms with van der Waals surface area (Å²) in [6.45, 7) is 0.896. The zero-order chi connectivity index (χ0) is 14.3. The molecule has 1 saturated heterocycles. The van der Waals surface area contributed by atoms with E-state index in [2.05, 4.69) is 23.5 Å². The van der Waals surface area contributed by atoms with Crippen LogP contribution in [0.25, 0.3) is 0 Å². The highest BCUT2D eigenvalue weighted by Crippen LogP contribution is 2.45. The van der Waals surface area contributed by atoms with Gasteiger partial charge in [-0.2, -0.15) is 5.26 Å². The predicted molar refractivity (Wildman–Crippen MR) is 80.8 cm³/mol. The van der Waals surface area contributed by atoms with Crippen molar-refractivity contribution in [2.24, 2.45) is 5.92 Å². The molecule has 1 N–H and O–H groups in total. The van der Waals surface area contributed by atoms with Gasteiger partial charge in [-0.25, -0.2) is 0 Å². The minimum atomic E-state index is -0.270. The summed E-state index contributed by atoms with van der Waals surface area (Å²) in [5.74, 6) is 0.792. The third-order valence-electron chi connectivity index (χ3n) is 5.40. The van der Waals surface area contributed by atoms with Crippen molar-refractivity contribution in [1.29, 1.82) is 5.26 Å². The molecule has 0 aromatic heterocycles.